The first-order valence-corrected chi connectivity index (χ1v) is 6.94. The summed E-state index contributed by atoms with van der Waals surface area (Å²) < 4.78 is 5.77. The summed E-state index contributed by atoms with van der Waals surface area (Å²) in [5, 5.41) is 3.38. The van der Waals surface area contributed by atoms with E-state index in [0.29, 0.717) is 5.92 Å². The Bertz CT molecular complexity index is 322. The van der Waals surface area contributed by atoms with Gasteiger partial charge in [0.1, 0.15) is 5.75 Å². The number of hydrogen-bond acceptors (Lipinski definition) is 3. The van der Waals surface area contributed by atoms with Gasteiger partial charge in [0.05, 0.1) is 18.0 Å². The topological polar surface area (TPSA) is 34.1 Å². The van der Waals surface area contributed by atoms with E-state index in [9.17, 15) is 0 Å². The van der Waals surface area contributed by atoms with Crippen LogP contribution in [0.4, 0.5) is 0 Å². The molecule has 1 atom stereocenters. The van der Waals surface area contributed by atoms with Crippen LogP contribution < -0.4 is 10.1 Å². The maximum absolute atomic E-state index is 5.77. The van der Waals surface area contributed by atoms with E-state index >= 15 is 0 Å². The Labute approximate surface area is 111 Å². The number of nitrogens with one attached hydrogen (secondary N) is 1. The fourth-order valence-corrected chi connectivity index (χ4v) is 1.77. The molecule has 102 valence electrons. The zero-order valence-corrected chi connectivity index (χ0v) is 12.1. The molecule has 1 rings (SSSR count). The predicted molar refractivity (Wildman–Crippen MR) is 75.8 cm³/mol. The monoisotopic (exact) mass is 250 g/mol. The van der Waals surface area contributed by atoms with E-state index in [0.717, 1.165) is 37.4 Å². The Balaban J connectivity index is 2.37. The van der Waals surface area contributed by atoms with Crippen molar-refractivity contribution in [3.63, 3.8) is 0 Å². The second kappa shape index (κ2) is 8.09. The first-order valence-electron chi connectivity index (χ1n) is 6.94. The molecule has 0 aliphatic heterocycles. The average molecular weight is 250 g/mol. The molecule has 1 heterocycles. The summed E-state index contributed by atoms with van der Waals surface area (Å²) in [5.41, 5.74) is 1.06. The van der Waals surface area contributed by atoms with Gasteiger partial charge in [-0.05, 0) is 37.9 Å². The average Bonchev–Trinajstić information content (AvgIpc) is 2.31. The van der Waals surface area contributed by atoms with Crippen LogP contribution in [0.5, 0.6) is 5.75 Å². The van der Waals surface area contributed by atoms with Gasteiger partial charge in [0.2, 0.25) is 0 Å². The quantitative estimate of drug-likeness (QED) is 0.768. The van der Waals surface area contributed by atoms with Crippen LogP contribution in [0.25, 0.3) is 0 Å². The lowest BCUT2D eigenvalue weighted by atomic mass is 10.2. The van der Waals surface area contributed by atoms with Gasteiger partial charge in [0, 0.05) is 6.54 Å². The zero-order chi connectivity index (χ0) is 13.4. The summed E-state index contributed by atoms with van der Waals surface area (Å²) in [6.45, 7) is 10.5. The van der Waals surface area contributed by atoms with Crippen molar-refractivity contribution in [3.05, 3.63) is 24.0 Å². The molecule has 0 aromatic carbocycles. The minimum absolute atomic E-state index is 0.265. The van der Waals surface area contributed by atoms with Crippen LogP contribution in [-0.2, 0) is 6.54 Å². The molecule has 1 aromatic rings. The van der Waals surface area contributed by atoms with Crippen LogP contribution in [-0.4, -0.2) is 17.6 Å². The van der Waals surface area contributed by atoms with Crippen molar-refractivity contribution >= 4 is 0 Å². The van der Waals surface area contributed by atoms with Gasteiger partial charge in [0.15, 0.2) is 0 Å². The summed E-state index contributed by atoms with van der Waals surface area (Å²) >= 11 is 0. The lowest BCUT2D eigenvalue weighted by Crippen LogP contribution is -2.19. The Morgan fingerprint density at radius 2 is 2.06 bits per heavy atom. The molecule has 1 unspecified atom stereocenters. The van der Waals surface area contributed by atoms with Crippen molar-refractivity contribution in [2.45, 2.75) is 53.2 Å². The number of pyridine rings is 1. The van der Waals surface area contributed by atoms with E-state index in [1.165, 1.54) is 0 Å². The highest BCUT2D eigenvalue weighted by atomic mass is 16.5. The first-order chi connectivity index (χ1) is 8.61. The Hall–Kier alpha value is -1.09. The molecule has 0 saturated carbocycles. The SMILES string of the molecule is CCCC(C)Oc1ccc(CNCC(C)C)nc1. The highest BCUT2D eigenvalue weighted by Gasteiger charge is 2.03. The maximum atomic E-state index is 5.77. The van der Waals surface area contributed by atoms with Crippen molar-refractivity contribution in [2.75, 3.05) is 6.54 Å². The highest BCUT2D eigenvalue weighted by molar-refractivity contribution is 5.20. The van der Waals surface area contributed by atoms with Crippen molar-refractivity contribution < 1.29 is 4.74 Å². The largest absolute Gasteiger partial charge is 0.489 e. The lowest BCUT2D eigenvalue weighted by molar-refractivity contribution is 0.209. The van der Waals surface area contributed by atoms with Crippen molar-refractivity contribution in [1.29, 1.82) is 0 Å². The fraction of sp³-hybridized carbons (Fsp3) is 0.667. The molecule has 0 amide bonds. The van der Waals surface area contributed by atoms with Crippen LogP contribution >= 0.6 is 0 Å². The Morgan fingerprint density at radius 3 is 2.61 bits per heavy atom. The fourth-order valence-electron chi connectivity index (χ4n) is 1.77. The van der Waals surface area contributed by atoms with Gasteiger partial charge in [-0.25, -0.2) is 0 Å². The van der Waals surface area contributed by atoms with E-state index in [1.807, 2.05) is 18.3 Å². The van der Waals surface area contributed by atoms with Crippen molar-refractivity contribution in [1.82, 2.24) is 10.3 Å². The molecule has 0 radical (unpaired) electrons. The third kappa shape index (κ3) is 6.01. The minimum Gasteiger partial charge on any atom is -0.489 e. The summed E-state index contributed by atoms with van der Waals surface area (Å²) in [6, 6.07) is 4.03. The van der Waals surface area contributed by atoms with E-state index in [1.54, 1.807) is 0 Å². The van der Waals surface area contributed by atoms with Gasteiger partial charge in [-0.1, -0.05) is 27.2 Å². The molecule has 18 heavy (non-hydrogen) atoms. The van der Waals surface area contributed by atoms with Crippen LogP contribution in [0.1, 0.15) is 46.2 Å². The van der Waals surface area contributed by atoms with E-state index in [-0.39, 0.29) is 6.10 Å². The Kier molecular flexibility index (Phi) is 6.73. The van der Waals surface area contributed by atoms with Gasteiger partial charge in [-0.2, -0.15) is 0 Å². The molecule has 0 fully saturated rings. The molecule has 0 saturated heterocycles. The standard InChI is InChI=1S/C15H26N2O/c1-5-6-13(4)18-15-8-7-14(17-11-15)10-16-9-12(2)3/h7-8,11-13,16H,5-6,9-10H2,1-4H3. The van der Waals surface area contributed by atoms with Crippen LogP contribution in [0.15, 0.2) is 18.3 Å². The molecule has 3 heteroatoms. The second-order valence-electron chi connectivity index (χ2n) is 5.23. The molecule has 1 aromatic heterocycles. The van der Waals surface area contributed by atoms with Gasteiger partial charge < -0.3 is 10.1 Å². The third-order valence-corrected chi connectivity index (χ3v) is 2.69. The number of ether oxygens (including phenoxy) is 1. The summed E-state index contributed by atoms with van der Waals surface area (Å²) in [7, 11) is 0. The van der Waals surface area contributed by atoms with Gasteiger partial charge >= 0.3 is 0 Å². The molecule has 0 aliphatic rings. The molecular weight excluding hydrogens is 224 g/mol. The number of hydrogen-bond donors (Lipinski definition) is 1. The van der Waals surface area contributed by atoms with Crippen LogP contribution in [0, 0.1) is 5.92 Å². The van der Waals surface area contributed by atoms with Crippen LogP contribution in [0.2, 0.25) is 0 Å². The highest BCUT2D eigenvalue weighted by Crippen LogP contribution is 2.13. The van der Waals surface area contributed by atoms with E-state index in [2.05, 4.69) is 38.0 Å². The van der Waals surface area contributed by atoms with Crippen molar-refractivity contribution in [3.8, 4) is 5.75 Å². The summed E-state index contributed by atoms with van der Waals surface area (Å²) in [6.07, 6.45) is 4.31. The molecule has 3 nitrogen and oxygen atoms in total. The van der Waals surface area contributed by atoms with Crippen molar-refractivity contribution in [2.24, 2.45) is 5.92 Å². The summed E-state index contributed by atoms with van der Waals surface area (Å²) in [5.74, 6) is 1.53. The first kappa shape index (κ1) is 15.0. The number of rotatable bonds is 8. The second-order valence-corrected chi connectivity index (χ2v) is 5.23. The summed E-state index contributed by atoms with van der Waals surface area (Å²) in [4.78, 5) is 4.40. The molecular formula is C15H26N2O. The van der Waals surface area contributed by atoms with E-state index in [4.69, 9.17) is 4.74 Å². The van der Waals surface area contributed by atoms with Crippen LogP contribution in [0.3, 0.4) is 0 Å². The zero-order valence-electron chi connectivity index (χ0n) is 12.1. The normalized spacial score (nSPS) is 12.7. The predicted octanol–water partition coefficient (Wildman–Crippen LogP) is 3.39. The third-order valence-electron chi connectivity index (χ3n) is 2.69. The maximum Gasteiger partial charge on any atom is 0.138 e. The molecule has 0 spiro atoms. The van der Waals surface area contributed by atoms with E-state index < -0.39 is 0 Å². The smallest absolute Gasteiger partial charge is 0.138 e. The molecule has 0 bridgehead atoms. The van der Waals surface area contributed by atoms with Gasteiger partial charge in [0.25, 0.3) is 0 Å². The number of nitrogens with zero attached hydrogens (tertiary/aromatic N) is 1. The van der Waals surface area contributed by atoms with Gasteiger partial charge in [-0.15, -0.1) is 0 Å². The molecule has 0 aliphatic carbocycles. The minimum atomic E-state index is 0.265. The lowest BCUT2D eigenvalue weighted by Gasteiger charge is -2.13. The Morgan fingerprint density at radius 1 is 1.28 bits per heavy atom. The molecule has 1 N–H and O–H groups in total. The number of aromatic nitrogens is 1. The van der Waals surface area contributed by atoms with Gasteiger partial charge in [-0.3, -0.25) is 4.98 Å².